The number of carbonyl (C=O) groups excluding carboxylic acids is 1. The maximum Gasteiger partial charge on any atom is 0.166 e. The summed E-state index contributed by atoms with van der Waals surface area (Å²) in [6, 6.07) is 5.93. The Balaban J connectivity index is 2.11. The fourth-order valence-electron chi connectivity index (χ4n) is 2.38. The van der Waals surface area contributed by atoms with Gasteiger partial charge in [-0.05, 0) is 43.4 Å². The van der Waals surface area contributed by atoms with Crippen LogP contribution in [-0.2, 0) is 6.42 Å². The summed E-state index contributed by atoms with van der Waals surface area (Å²) in [6.07, 6.45) is 5.78. The molecule has 102 valence electrons. The van der Waals surface area contributed by atoms with Crippen LogP contribution in [0, 0.1) is 11.8 Å². The van der Waals surface area contributed by atoms with E-state index in [9.17, 15) is 4.79 Å². The van der Waals surface area contributed by atoms with E-state index in [-0.39, 0.29) is 11.7 Å². The molecule has 0 N–H and O–H groups in total. The van der Waals surface area contributed by atoms with Crippen molar-refractivity contribution in [3.63, 3.8) is 0 Å². The van der Waals surface area contributed by atoms with Crippen molar-refractivity contribution in [1.82, 2.24) is 0 Å². The molecule has 0 radical (unpaired) electrons. The Hall–Kier alpha value is -1.57. The molecule has 1 aliphatic rings. The van der Waals surface area contributed by atoms with Crippen LogP contribution < -0.4 is 4.74 Å². The van der Waals surface area contributed by atoms with Gasteiger partial charge in [-0.1, -0.05) is 32.1 Å². The summed E-state index contributed by atoms with van der Waals surface area (Å²) in [5.74, 6) is 1.69. The normalized spacial score (nSPS) is 18.3. The monoisotopic (exact) mass is 258 g/mol. The largest absolute Gasteiger partial charge is 0.493 e. The minimum Gasteiger partial charge on any atom is -0.493 e. The van der Waals surface area contributed by atoms with Crippen molar-refractivity contribution in [2.24, 2.45) is 11.8 Å². The van der Waals surface area contributed by atoms with Gasteiger partial charge in [-0.25, -0.2) is 0 Å². The molecule has 0 unspecified atom stereocenters. The quantitative estimate of drug-likeness (QED) is 0.745. The number of hydrogen-bond donors (Lipinski definition) is 0. The Kier molecular flexibility index (Phi) is 4.41. The zero-order valence-corrected chi connectivity index (χ0v) is 12.0. The van der Waals surface area contributed by atoms with Gasteiger partial charge in [-0.15, -0.1) is 0 Å². The highest BCUT2D eigenvalue weighted by Gasteiger charge is 2.29. The van der Waals surface area contributed by atoms with Gasteiger partial charge in [0.1, 0.15) is 5.75 Å². The average molecular weight is 258 g/mol. The predicted molar refractivity (Wildman–Crippen MR) is 77.7 cm³/mol. The topological polar surface area (TPSA) is 26.3 Å². The molecule has 1 aromatic rings. The number of rotatable bonds is 5. The van der Waals surface area contributed by atoms with Gasteiger partial charge in [-0.2, -0.15) is 0 Å². The van der Waals surface area contributed by atoms with E-state index in [2.05, 4.69) is 19.9 Å². The number of Topliss-reactive ketones (excluding diaryl/α,β-unsaturated/α-hetero) is 1. The Morgan fingerprint density at radius 1 is 1.42 bits per heavy atom. The van der Waals surface area contributed by atoms with Crippen LogP contribution in [0.25, 0.3) is 0 Å². The molecule has 1 aliphatic carbocycles. The summed E-state index contributed by atoms with van der Waals surface area (Å²) in [7, 11) is 0. The number of hydrogen-bond acceptors (Lipinski definition) is 2. The molecule has 2 heteroatoms. The van der Waals surface area contributed by atoms with Crippen LogP contribution in [-0.4, -0.2) is 12.4 Å². The Morgan fingerprint density at radius 3 is 2.89 bits per heavy atom. The van der Waals surface area contributed by atoms with E-state index >= 15 is 0 Å². The first-order chi connectivity index (χ1) is 9.11. The molecule has 0 spiro atoms. The van der Waals surface area contributed by atoms with Crippen LogP contribution in [0.5, 0.6) is 5.75 Å². The number of fused-ring (bicyclic) bond motifs is 1. The van der Waals surface area contributed by atoms with Crippen LogP contribution in [0.4, 0.5) is 0 Å². The van der Waals surface area contributed by atoms with Crippen LogP contribution in [0.1, 0.15) is 43.1 Å². The number of allylic oxidation sites excluding steroid dienone is 2. The molecule has 19 heavy (non-hydrogen) atoms. The number of ether oxygens (including phenoxy) is 1. The lowest BCUT2D eigenvalue weighted by atomic mass is 10.0. The van der Waals surface area contributed by atoms with Crippen molar-refractivity contribution >= 4 is 5.78 Å². The second-order valence-electron chi connectivity index (χ2n) is 5.59. The minimum atomic E-state index is 0.117. The fraction of sp³-hybridized carbons (Fsp3) is 0.471. The predicted octanol–water partition coefficient (Wildman–Crippen LogP) is 4.04. The van der Waals surface area contributed by atoms with Gasteiger partial charge in [0.2, 0.25) is 0 Å². The van der Waals surface area contributed by atoms with Gasteiger partial charge < -0.3 is 4.74 Å². The lowest BCUT2D eigenvalue weighted by Gasteiger charge is -2.09. The smallest absolute Gasteiger partial charge is 0.166 e. The molecule has 2 nitrogen and oxygen atoms in total. The first-order valence-electron chi connectivity index (χ1n) is 7.03. The van der Waals surface area contributed by atoms with Crippen LogP contribution in [0.3, 0.4) is 0 Å². The molecule has 0 saturated carbocycles. The van der Waals surface area contributed by atoms with Gasteiger partial charge in [0.15, 0.2) is 5.78 Å². The third-order valence-corrected chi connectivity index (χ3v) is 3.42. The van der Waals surface area contributed by atoms with Crippen molar-refractivity contribution < 1.29 is 9.53 Å². The van der Waals surface area contributed by atoms with E-state index < -0.39 is 0 Å². The zero-order valence-electron chi connectivity index (χ0n) is 12.0. The molecule has 1 atom stereocenters. The van der Waals surface area contributed by atoms with Gasteiger partial charge in [0.25, 0.3) is 0 Å². The Labute approximate surface area is 115 Å². The first-order valence-corrected chi connectivity index (χ1v) is 7.03. The molecule has 0 aromatic heterocycles. The van der Waals surface area contributed by atoms with Crippen molar-refractivity contribution in [2.45, 2.75) is 33.6 Å². The van der Waals surface area contributed by atoms with Crippen molar-refractivity contribution in [3.05, 3.63) is 41.5 Å². The lowest BCUT2D eigenvalue weighted by molar-refractivity contribution is 0.0937. The van der Waals surface area contributed by atoms with Crippen molar-refractivity contribution in [2.75, 3.05) is 6.61 Å². The number of carbonyl (C=O) groups is 1. The maximum absolute atomic E-state index is 12.3. The van der Waals surface area contributed by atoms with Gasteiger partial charge in [0.05, 0.1) is 6.61 Å². The molecule has 2 rings (SSSR count). The van der Waals surface area contributed by atoms with Crippen LogP contribution in [0.2, 0.25) is 0 Å². The van der Waals surface area contributed by atoms with E-state index in [1.54, 1.807) is 0 Å². The highest BCUT2D eigenvalue weighted by molar-refractivity contribution is 6.02. The lowest BCUT2D eigenvalue weighted by Crippen LogP contribution is -2.08. The zero-order chi connectivity index (χ0) is 13.8. The summed E-state index contributed by atoms with van der Waals surface area (Å²) >= 11 is 0. The molecule has 0 aliphatic heterocycles. The molecule has 0 amide bonds. The Bertz CT molecular complexity index is 486. The Morgan fingerprint density at radius 2 is 2.21 bits per heavy atom. The van der Waals surface area contributed by atoms with Crippen molar-refractivity contribution in [1.29, 1.82) is 0 Å². The molecule has 0 fully saturated rings. The molecule has 0 bridgehead atoms. The van der Waals surface area contributed by atoms with Crippen LogP contribution in [0.15, 0.2) is 30.4 Å². The van der Waals surface area contributed by atoms with E-state index in [0.29, 0.717) is 12.5 Å². The van der Waals surface area contributed by atoms with E-state index in [0.717, 1.165) is 29.7 Å². The van der Waals surface area contributed by atoms with Crippen LogP contribution >= 0.6 is 0 Å². The SMILES string of the molecule is CC=CC[C@H]1Cc2ccc(OCC(C)C)cc2C1=O. The molecule has 0 heterocycles. The van der Waals surface area contributed by atoms with Gasteiger partial charge in [0, 0.05) is 11.5 Å². The molecule has 1 aromatic carbocycles. The van der Waals surface area contributed by atoms with E-state index in [1.165, 1.54) is 0 Å². The average Bonchev–Trinajstić information content (AvgIpc) is 2.71. The highest BCUT2D eigenvalue weighted by Crippen LogP contribution is 2.31. The maximum atomic E-state index is 12.3. The van der Waals surface area contributed by atoms with Gasteiger partial charge in [-0.3, -0.25) is 4.79 Å². The molecular formula is C17H22O2. The third-order valence-electron chi connectivity index (χ3n) is 3.42. The number of ketones is 1. The fourth-order valence-corrected chi connectivity index (χ4v) is 2.38. The van der Waals surface area contributed by atoms with E-state index in [4.69, 9.17) is 4.74 Å². The third kappa shape index (κ3) is 3.25. The second kappa shape index (κ2) is 6.05. The molecular weight excluding hydrogens is 236 g/mol. The second-order valence-corrected chi connectivity index (χ2v) is 5.59. The summed E-state index contributed by atoms with van der Waals surface area (Å²) in [5, 5.41) is 0. The minimum absolute atomic E-state index is 0.117. The van der Waals surface area contributed by atoms with Gasteiger partial charge >= 0.3 is 0 Å². The summed E-state index contributed by atoms with van der Waals surface area (Å²) in [4.78, 5) is 12.3. The summed E-state index contributed by atoms with van der Waals surface area (Å²) < 4.78 is 5.69. The van der Waals surface area contributed by atoms with Crippen molar-refractivity contribution in [3.8, 4) is 5.75 Å². The standard InChI is InChI=1S/C17H22O2/c1-4-5-6-14-9-13-7-8-15(19-11-12(2)3)10-16(13)17(14)18/h4-5,7-8,10,12,14H,6,9,11H2,1-3H3/t14-/m0/s1. The molecule has 0 saturated heterocycles. The van der Waals surface area contributed by atoms with E-state index in [1.807, 2.05) is 31.2 Å². The summed E-state index contributed by atoms with van der Waals surface area (Å²) in [6.45, 7) is 6.91. The highest BCUT2D eigenvalue weighted by atomic mass is 16.5. The summed E-state index contributed by atoms with van der Waals surface area (Å²) in [5.41, 5.74) is 2.02. The number of benzene rings is 1. The first kappa shape index (κ1) is 13.9.